The molecule has 0 fully saturated rings. The number of benzene rings is 2. The Balaban J connectivity index is 1.63. The van der Waals surface area contributed by atoms with Crippen molar-refractivity contribution >= 4 is 5.97 Å². The first kappa shape index (κ1) is 25.7. The van der Waals surface area contributed by atoms with Crippen LogP contribution in [0.1, 0.15) is 35.3 Å². The lowest BCUT2D eigenvalue weighted by Crippen LogP contribution is -2.46. The Hall–Kier alpha value is -3.93. The van der Waals surface area contributed by atoms with Crippen LogP contribution in [0.25, 0.3) is 11.3 Å². The zero-order chi connectivity index (χ0) is 25.4. The monoisotopic (exact) mass is 475 g/mol. The van der Waals surface area contributed by atoms with E-state index >= 15 is 0 Å². The largest absolute Gasteiger partial charge is 0.497 e. The summed E-state index contributed by atoms with van der Waals surface area (Å²) in [5.74, 6) is -0.0441. The number of aliphatic hydroxyl groups is 1. The van der Waals surface area contributed by atoms with Crippen LogP contribution in [0.5, 0.6) is 11.5 Å². The van der Waals surface area contributed by atoms with Gasteiger partial charge in [-0.25, -0.2) is 4.79 Å². The van der Waals surface area contributed by atoms with Crippen molar-refractivity contribution < 1.29 is 24.5 Å². The van der Waals surface area contributed by atoms with Gasteiger partial charge in [-0.2, -0.15) is 5.26 Å². The summed E-state index contributed by atoms with van der Waals surface area (Å²) < 4.78 is 11.0. The molecule has 35 heavy (non-hydrogen) atoms. The highest BCUT2D eigenvalue weighted by molar-refractivity contribution is 5.94. The van der Waals surface area contributed by atoms with Gasteiger partial charge in [-0.1, -0.05) is 18.2 Å². The quantitative estimate of drug-likeness (QED) is 0.384. The number of nitrogens with one attached hydrogen (secondary N) is 1. The van der Waals surface area contributed by atoms with Crippen LogP contribution in [-0.2, 0) is 6.42 Å². The van der Waals surface area contributed by atoms with Gasteiger partial charge in [0.25, 0.3) is 0 Å². The Labute approximate surface area is 204 Å². The molecular formula is C27H29N3O5. The highest BCUT2D eigenvalue weighted by Gasteiger charge is 2.20. The van der Waals surface area contributed by atoms with Crippen LogP contribution in [-0.4, -0.2) is 53.1 Å². The number of nitrogens with zero attached hydrogens (tertiary/aromatic N) is 2. The third-order valence-corrected chi connectivity index (χ3v) is 5.47. The molecule has 0 spiro atoms. The number of carbonyl (C=O) groups is 1. The van der Waals surface area contributed by atoms with Gasteiger partial charge in [-0.15, -0.1) is 0 Å². The fourth-order valence-corrected chi connectivity index (χ4v) is 3.64. The SMILES string of the molecule is COc1ccc(CC(C)(C)NC[C@@H](O)COc2cc(-c3ncccc3C(=O)O)ccc2C#N)cc1. The summed E-state index contributed by atoms with van der Waals surface area (Å²) in [4.78, 5) is 15.7. The Kier molecular flexibility index (Phi) is 8.42. The van der Waals surface area contributed by atoms with E-state index in [0.29, 0.717) is 5.56 Å². The summed E-state index contributed by atoms with van der Waals surface area (Å²) >= 11 is 0. The zero-order valence-corrected chi connectivity index (χ0v) is 20.0. The lowest BCUT2D eigenvalue weighted by Gasteiger charge is -2.28. The van der Waals surface area contributed by atoms with Crippen molar-refractivity contribution in [3.8, 4) is 28.8 Å². The Morgan fingerprint density at radius 3 is 2.60 bits per heavy atom. The third-order valence-electron chi connectivity index (χ3n) is 5.47. The molecule has 3 aromatic rings. The Bertz CT molecular complexity index is 1200. The Morgan fingerprint density at radius 2 is 1.94 bits per heavy atom. The molecule has 0 aliphatic rings. The van der Waals surface area contributed by atoms with Crippen molar-refractivity contribution in [2.75, 3.05) is 20.3 Å². The van der Waals surface area contributed by atoms with Crippen LogP contribution in [0.3, 0.4) is 0 Å². The molecule has 0 saturated carbocycles. The first-order valence-corrected chi connectivity index (χ1v) is 11.1. The average molecular weight is 476 g/mol. The van der Waals surface area contributed by atoms with Crippen molar-refractivity contribution in [3.05, 3.63) is 77.5 Å². The molecule has 182 valence electrons. The summed E-state index contributed by atoms with van der Waals surface area (Å²) in [7, 11) is 1.63. The minimum absolute atomic E-state index is 0.0439. The van der Waals surface area contributed by atoms with E-state index in [0.717, 1.165) is 17.7 Å². The fraction of sp³-hybridized carbons (Fsp3) is 0.296. The minimum atomic E-state index is -1.10. The number of hydrogen-bond donors (Lipinski definition) is 3. The molecule has 0 radical (unpaired) electrons. The van der Waals surface area contributed by atoms with Gasteiger partial charge >= 0.3 is 5.97 Å². The smallest absolute Gasteiger partial charge is 0.337 e. The lowest BCUT2D eigenvalue weighted by molar-refractivity contribution is 0.0697. The van der Waals surface area contributed by atoms with Crippen LogP contribution >= 0.6 is 0 Å². The van der Waals surface area contributed by atoms with E-state index in [4.69, 9.17) is 9.47 Å². The number of ether oxygens (including phenoxy) is 2. The van der Waals surface area contributed by atoms with Gasteiger partial charge in [-0.3, -0.25) is 4.98 Å². The maximum Gasteiger partial charge on any atom is 0.337 e. The Morgan fingerprint density at radius 1 is 1.20 bits per heavy atom. The number of aromatic carboxylic acids is 1. The number of aliphatic hydroxyl groups excluding tert-OH is 1. The molecule has 0 aliphatic carbocycles. The van der Waals surface area contributed by atoms with Gasteiger partial charge in [0.15, 0.2) is 0 Å². The predicted molar refractivity (Wildman–Crippen MR) is 132 cm³/mol. The summed E-state index contributed by atoms with van der Waals surface area (Å²) in [6.45, 7) is 4.34. The fourth-order valence-electron chi connectivity index (χ4n) is 3.64. The number of nitriles is 1. The summed E-state index contributed by atoms with van der Waals surface area (Å²) in [5, 5.41) is 32.7. The van der Waals surface area contributed by atoms with Crippen LogP contribution in [0.4, 0.5) is 0 Å². The van der Waals surface area contributed by atoms with Gasteiger partial charge in [0.1, 0.15) is 30.3 Å². The molecule has 2 aromatic carbocycles. The van der Waals surface area contributed by atoms with Crippen molar-refractivity contribution in [1.82, 2.24) is 10.3 Å². The maximum atomic E-state index is 11.5. The van der Waals surface area contributed by atoms with Crippen molar-refractivity contribution in [2.24, 2.45) is 0 Å². The van der Waals surface area contributed by atoms with Crippen molar-refractivity contribution in [3.63, 3.8) is 0 Å². The number of carboxylic acids is 1. The van der Waals surface area contributed by atoms with Crippen LogP contribution in [0, 0.1) is 11.3 Å². The number of rotatable bonds is 11. The zero-order valence-electron chi connectivity index (χ0n) is 20.0. The molecular weight excluding hydrogens is 446 g/mol. The highest BCUT2D eigenvalue weighted by atomic mass is 16.5. The van der Waals surface area contributed by atoms with E-state index in [1.54, 1.807) is 31.4 Å². The number of methoxy groups -OCH3 is 1. The second kappa shape index (κ2) is 11.5. The average Bonchev–Trinajstić information content (AvgIpc) is 2.86. The molecule has 0 saturated heterocycles. The van der Waals surface area contributed by atoms with E-state index < -0.39 is 12.1 Å². The number of pyridine rings is 1. The van der Waals surface area contributed by atoms with Crippen LogP contribution < -0.4 is 14.8 Å². The highest BCUT2D eigenvalue weighted by Crippen LogP contribution is 2.28. The molecule has 3 N–H and O–H groups in total. The molecule has 0 aliphatic heterocycles. The standard InChI is InChI=1S/C27H29N3O5/c1-27(2,14-18-6-10-22(34-3)11-7-18)30-16-21(31)17-35-24-13-19(8-9-20(24)15-28)25-23(26(32)33)5-4-12-29-25/h4-13,21,30-31H,14,16-17H2,1-3H3,(H,32,33)/t21-/m1/s1. The second-order valence-corrected chi connectivity index (χ2v) is 8.78. The van der Waals surface area contributed by atoms with E-state index in [9.17, 15) is 20.3 Å². The minimum Gasteiger partial charge on any atom is -0.497 e. The summed E-state index contributed by atoms with van der Waals surface area (Å²) in [6, 6.07) is 17.7. The number of β-amino-alcohol motifs (C(OH)–C–C–N with tert-alkyl or cyclic N) is 1. The first-order chi connectivity index (χ1) is 16.7. The van der Waals surface area contributed by atoms with Gasteiger partial charge in [0, 0.05) is 23.8 Å². The van der Waals surface area contributed by atoms with E-state index in [1.165, 1.54) is 12.3 Å². The second-order valence-electron chi connectivity index (χ2n) is 8.78. The summed E-state index contributed by atoms with van der Waals surface area (Å²) in [6.07, 6.45) is 1.43. The molecule has 1 heterocycles. The van der Waals surface area contributed by atoms with Crippen molar-refractivity contribution in [1.29, 1.82) is 5.26 Å². The molecule has 0 amide bonds. The van der Waals surface area contributed by atoms with Gasteiger partial charge in [0.2, 0.25) is 0 Å². The van der Waals surface area contributed by atoms with E-state index in [2.05, 4.69) is 30.2 Å². The maximum absolute atomic E-state index is 11.5. The molecule has 3 rings (SSSR count). The number of hydrogen-bond acceptors (Lipinski definition) is 7. The van der Waals surface area contributed by atoms with Gasteiger partial charge in [0.05, 0.1) is 23.9 Å². The summed E-state index contributed by atoms with van der Waals surface area (Å²) in [5.41, 5.74) is 1.97. The molecule has 1 atom stereocenters. The van der Waals surface area contributed by atoms with Crippen LogP contribution in [0.2, 0.25) is 0 Å². The van der Waals surface area contributed by atoms with Crippen molar-refractivity contribution in [2.45, 2.75) is 31.9 Å². The van der Waals surface area contributed by atoms with E-state index in [-0.39, 0.29) is 41.3 Å². The van der Waals surface area contributed by atoms with Gasteiger partial charge < -0.3 is 25.0 Å². The topological polar surface area (TPSA) is 125 Å². The molecule has 8 heteroatoms. The van der Waals surface area contributed by atoms with E-state index in [1.807, 2.05) is 24.3 Å². The first-order valence-electron chi connectivity index (χ1n) is 11.1. The van der Waals surface area contributed by atoms with Crippen LogP contribution in [0.15, 0.2) is 60.8 Å². The third kappa shape index (κ3) is 7.03. The molecule has 8 nitrogen and oxygen atoms in total. The molecule has 0 unspecified atom stereocenters. The number of carboxylic acid groups (broad SMARTS) is 1. The molecule has 0 bridgehead atoms. The number of aromatic nitrogens is 1. The lowest BCUT2D eigenvalue weighted by atomic mass is 9.94. The predicted octanol–water partition coefficient (Wildman–Crippen LogP) is 3.68. The molecule has 1 aromatic heterocycles. The van der Waals surface area contributed by atoms with Gasteiger partial charge in [-0.05, 0) is 62.2 Å². The normalized spacial score (nSPS) is 12.0.